The standard InChI is InChI=1S/C19H20N2O5/c1-19(2)11-16(15-9-8-14(25-3)10-17(15)26-19)20-18(22)12-4-6-13(7-5-12)21(23)24/h4-10,16H,11H2,1-3H3,(H,20,22)/t16-/m1/s1. The van der Waals surface area contributed by atoms with E-state index in [1.807, 2.05) is 26.0 Å². The van der Waals surface area contributed by atoms with Crippen LogP contribution in [0.1, 0.15) is 42.2 Å². The Bertz CT molecular complexity index is 846. The van der Waals surface area contributed by atoms with Crippen LogP contribution in [0.25, 0.3) is 0 Å². The van der Waals surface area contributed by atoms with Gasteiger partial charge in [-0.1, -0.05) is 0 Å². The molecule has 7 heteroatoms. The van der Waals surface area contributed by atoms with E-state index in [0.717, 1.165) is 5.56 Å². The van der Waals surface area contributed by atoms with Gasteiger partial charge in [0.1, 0.15) is 17.1 Å². The van der Waals surface area contributed by atoms with Crippen molar-refractivity contribution in [3.63, 3.8) is 0 Å². The minimum Gasteiger partial charge on any atom is -0.497 e. The summed E-state index contributed by atoms with van der Waals surface area (Å²) in [6, 6.07) is 10.8. The lowest BCUT2D eigenvalue weighted by Crippen LogP contribution is -2.41. The Labute approximate surface area is 151 Å². The van der Waals surface area contributed by atoms with E-state index in [-0.39, 0.29) is 17.6 Å². The minimum atomic E-state index is -0.494. The molecule has 7 nitrogen and oxygen atoms in total. The zero-order chi connectivity index (χ0) is 18.9. The number of methoxy groups -OCH3 is 1. The van der Waals surface area contributed by atoms with Crippen molar-refractivity contribution in [3.8, 4) is 11.5 Å². The Balaban J connectivity index is 1.85. The van der Waals surface area contributed by atoms with Gasteiger partial charge < -0.3 is 14.8 Å². The molecule has 1 atom stereocenters. The monoisotopic (exact) mass is 356 g/mol. The molecule has 3 rings (SSSR count). The molecule has 1 amide bonds. The third-order valence-corrected chi connectivity index (χ3v) is 4.32. The molecule has 0 fully saturated rings. The number of ether oxygens (including phenoxy) is 2. The predicted molar refractivity (Wildman–Crippen MR) is 95.6 cm³/mol. The van der Waals surface area contributed by atoms with Gasteiger partial charge in [0, 0.05) is 35.7 Å². The van der Waals surface area contributed by atoms with Crippen LogP contribution in [0.3, 0.4) is 0 Å². The third kappa shape index (κ3) is 3.61. The van der Waals surface area contributed by atoms with E-state index < -0.39 is 10.5 Å². The predicted octanol–water partition coefficient (Wildman–Crippen LogP) is 3.64. The number of amides is 1. The lowest BCUT2D eigenvalue weighted by atomic mass is 9.89. The van der Waals surface area contributed by atoms with Crippen LogP contribution >= 0.6 is 0 Å². The summed E-state index contributed by atoms with van der Waals surface area (Å²) in [6.45, 7) is 3.92. The molecule has 1 aliphatic rings. The Kier molecular flexibility index (Phi) is 4.54. The number of hydrogen-bond acceptors (Lipinski definition) is 5. The first-order valence-electron chi connectivity index (χ1n) is 8.21. The normalized spacial score (nSPS) is 17.6. The highest BCUT2D eigenvalue weighted by Gasteiger charge is 2.35. The highest BCUT2D eigenvalue weighted by molar-refractivity contribution is 5.94. The maximum absolute atomic E-state index is 12.6. The van der Waals surface area contributed by atoms with Crippen molar-refractivity contribution < 1.29 is 19.2 Å². The average Bonchev–Trinajstić information content (AvgIpc) is 2.60. The number of hydrogen-bond donors (Lipinski definition) is 1. The number of fused-ring (bicyclic) bond motifs is 1. The second-order valence-corrected chi connectivity index (χ2v) is 6.80. The van der Waals surface area contributed by atoms with Crippen molar-refractivity contribution in [2.45, 2.75) is 31.9 Å². The van der Waals surface area contributed by atoms with Crippen LogP contribution < -0.4 is 14.8 Å². The van der Waals surface area contributed by atoms with Crippen LogP contribution in [0.5, 0.6) is 11.5 Å². The van der Waals surface area contributed by atoms with E-state index >= 15 is 0 Å². The van der Waals surface area contributed by atoms with Crippen LogP contribution in [-0.4, -0.2) is 23.5 Å². The molecule has 136 valence electrons. The molecule has 0 unspecified atom stereocenters. The van der Waals surface area contributed by atoms with E-state index in [9.17, 15) is 14.9 Å². The smallest absolute Gasteiger partial charge is 0.269 e. The topological polar surface area (TPSA) is 90.7 Å². The molecule has 1 N–H and O–H groups in total. The summed E-state index contributed by atoms with van der Waals surface area (Å²) < 4.78 is 11.3. The highest BCUT2D eigenvalue weighted by Crippen LogP contribution is 2.41. The van der Waals surface area contributed by atoms with Crippen LogP contribution in [0.2, 0.25) is 0 Å². The molecule has 1 aliphatic heterocycles. The van der Waals surface area contributed by atoms with Crippen molar-refractivity contribution in [1.29, 1.82) is 0 Å². The number of nitrogens with zero attached hydrogens (tertiary/aromatic N) is 1. The molecule has 0 spiro atoms. The Morgan fingerprint density at radius 3 is 2.58 bits per heavy atom. The molecule has 0 saturated heterocycles. The summed E-state index contributed by atoms with van der Waals surface area (Å²) in [5, 5.41) is 13.7. The molecular weight excluding hydrogens is 336 g/mol. The summed E-state index contributed by atoms with van der Waals surface area (Å²) in [4.78, 5) is 22.8. The van der Waals surface area contributed by atoms with E-state index in [1.54, 1.807) is 13.2 Å². The fraction of sp³-hybridized carbons (Fsp3) is 0.316. The Morgan fingerprint density at radius 1 is 1.27 bits per heavy atom. The fourth-order valence-electron chi connectivity index (χ4n) is 3.06. The van der Waals surface area contributed by atoms with E-state index in [1.165, 1.54) is 24.3 Å². The maximum Gasteiger partial charge on any atom is 0.269 e. The average molecular weight is 356 g/mol. The van der Waals surface area contributed by atoms with E-state index in [2.05, 4.69) is 5.32 Å². The lowest BCUT2D eigenvalue weighted by molar-refractivity contribution is -0.384. The van der Waals surface area contributed by atoms with E-state index in [4.69, 9.17) is 9.47 Å². The van der Waals surface area contributed by atoms with Gasteiger partial charge >= 0.3 is 0 Å². The van der Waals surface area contributed by atoms with Gasteiger partial charge in [-0.25, -0.2) is 0 Å². The van der Waals surface area contributed by atoms with Gasteiger partial charge in [-0.15, -0.1) is 0 Å². The number of nitrogens with one attached hydrogen (secondary N) is 1. The zero-order valence-electron chi connectivity index (χ0n) is 14.8. The first-order chi connectivity index (χ1) is 12.3. The third-order valence-electron chi connectivity index (χ3n) is 4.32. The minimum absolute atomic E-state index is 0.0498. The fourth-order valence-corrected chi connectivity index (χ4v) is 3.06. The van der Waals surface area contributed by atoms with E-state index in [0.29, 0.717) is 23.5 Å². The second kappa shape index (κ2) is 6.67. The molecule has 0 saturated carbocycles. The second-order valence-electron chi connectivity index (χ2n) is 6.80. The molecule has 2 aromatic rings. The number of rotatable bonds is 4. The summed E-state index contributed by atoms with van der Waals surface area (Å²) in [5.74, 6) is 1.07. The van der Waals surface area contributed by atoms with Crippen molar-refractivity contribution in [1.82, 2.24) is 5.32 Å². The van der Waals surface area contributed by atoms with Crippen molar-refractivity contribution in [2.75, 3.05) is 7.11 Å². The number of non-ortho nitro benzene ring substituents is 1. The summed E-state index contributed by atoms with van der Waals surface area (Å²) in [7, 11) is 1.59. The van der Waals surface area contributed by atoms with Gasteiger partial charge in [-0.3, -0.25) is 14.9 Å². The Morgan fingerprint density at radius 2 is 1.96 bits per heavy atom. The van der Waals surface area contributed by atoms with Gasteiger partial charge in [-0.05, 0) is 38.1 Å². The maximum atomic E-state index is 12.6. The van der Waals surface area contributed by atoms with Crippen molar-refractivity contribution in [2.24, 2.45) is 0 Å². The number of nitro groups is 1. The largest absolute Gasteiger partial charge is 0.497 e. The zero-order valence-corrected chi connectivity index (χ0v) is 14.8. The van der Waals surface area contributed by atoms with Gasteiger partial charge in [0.05, 0.1) is 18.1 Å². The summed E-state index contributed by atoms with van der Waals surface area (Å²) in [6.07, 6.45) is 0.602. The van der Waals surface area contributed by atoms with Gasteiger partial charge in [-0.2, -0.15) is 0 Å². The quantitative estimate of drug-likeness (QED) is 0.667. The van der Waals surface area contributed by atoms with Crippen LogP contribution in [-0.2, 0) is 0 Å². The number of carbonyl (C=O) groups is 1. The van der Waals surface area contributed by atoms with Gasteiger partial charge in [0.2, 0.25) is 0 Å². The van der Waals surface area contributed by atoms with Crippen LogP contribution in [0, 0.1) is 10.1 Å². The number of benzene rings is 2. The SMILES string of the molecule is COc1ccc2c(c1)OC(C)(C)C[C@H]2NC(=O)c1ccc([N+](=O)[O-])cc1. The molecule has 2 aromatic carbocycles. The Hall–Kier alpha value is -3.09. The summed E-state index contributed by atoms with van der Waals surface area (Å²) >= 11 is 0. The molecule has 0 radical (unpaired) electrons. The molecule has 26 heavy (non-hydrogen) atoms. The highest BCUT2D eigenvalue weighted by atomic mass is 16.6. The van der Waals surface area contributed by atoms with Crippen LogP contribution in [0.4, 0.5) is 5.69 Å². The van der Waals surface area contributed by atoms with Gasteiger partial charge in [0.25, 0.3) is 11.6 Å². The number of carbonyl (C=O) groups excluding carboxylic acids is 1. The first-order valence-corrected chi connectivity index (χ1v) is 8.21. The molecular formula is C19H20N2O5. The molecule has 0 bridgehead atoms. The summed E-state index contributed by atoms with van der Waals surface area (Å²) in [5.41, 5.74) is 0.744. The molecule has 0 aliphatic carbocycles. The van der Waals surface area contributed by atoms with Gasteiger partial charge in [0.15, 0.2) is 0 Å². The number of nitro benzene ring substituents is 1. The molecule has 0 aromatic heterocycles. The van der Waals surface area contributed by atoms with Crippen LogP contribution in [0.15, 0.2) is 42.5 Å². The lowest BCUT2D eigenvalue weighted by Gasteiger charge is -2.38. The van der Waals surface area contributed by atoms with Crippen molar-refractivity contribution in [3.05, 3.63) is 63.7 Å². The molecule has 1 heterocycles. The van der Waals surface area contributed by atoms with Crippen molar-refractivity contribution >= 4 is 11.6 Å². The first kappa shape index (κ1) is 17.7.